The van der Waals surface area contributed by atoms with Crippen molar-refractivity contribution in [2.75, 3.05) is 0 Å². The molecule has 0 aliphatic heterocycles. The summed E-state index contributed by atoms with van der Waals surface area (Å²) in [5.74, 6) is -1.17. The molecule has 2 aromatic rings. The van der Waals surface area contributed by atoms with Crippen LogP contribution in [0.3, 0.4) is 0 Å². The van der Waals surface area contributed by atoms with Crippen molar-refractivity contribution in [2.45, 2.75) is 12.4 Å². The van der Waals surface area contributed by atoms with Gasteiger partial charge in [-0.25, -0.2) is 9.37 Å². The third-order valence-electron chi connectivity index (χ3n) is 2.59. The number of benzene rings is 1. The zero-order valence-electron chi connectivity index (χ0n) is 10.1. The molecule has 0 radical (unpaired) electrons. The Bertz CT molecular complexity index is 641. The Labute approximate surface area is 114 Å². The maximum atomic E-state index is 13.2. The average Bonchev–Trinajstić information content (AvgIpc) is 2.36. The number of halogens is 7. The topological polar surface area (TPSA) is 12.9 Å². The van der Waals surface area contributed by atoms with Gasteiger partial charge in [-0.15, -0.1) is 0 Å². The molecule has 0 saturated carbocycles. The molecule has 0 bridgehead atoms. The third-order valence-corrected chi connectivity index (χ3v) is 2.59. The van der Waals surface area contributed by atoms with E-state index in [1.165, 1.54) is 0 Å². The lowest BCUT2D eigenvalue weighted by Gasteiger charge is -2.10. The first-order chi connectivity index (χ1) is 9.57. The zero-order valence-corrected chi connectivity index (χ0v) is 10.1. The Morgan fingerprint density at radius 1 is 0.762 bits per heavy atom. The quantitative estimate of drug-likeness (QED) is 0.681. The van der Waals surface area contributed by atoms with Crippen LogP contribution in [0.15, 0.2) is 36.4 Å². The standard InChI is InChI=1S/C13H6F7N/c14-9-5-10(21-11(6-9)13(18,19)20)7-1-3-8(4-2-7)12(15,16)17/h1-6H. The molecule has 0 N–H and O–H groups in total. The van der Waals surface area contributed by atoms with Crippen LogP contribution in [0, 0.1) is 5.82 Å². The van der Waals surface area contributed by atoms with E-state index in [4.69, 9.17) is 0 Å². The highest BCUT2D eigenvalue weighted by Gasteiger charge is 2.34. The summed E-state index contributed by atoms with van der Waals surface area (Å²) >= 11 is 0. The molecule has 1 heterocycles. The van der Waals surface area contributed by atoms with E-state index in [9.17, 15) is 30.7 Å². The van der Waals surface area contributed by atoms with Gasteiger partial charge < -0.3 is 0 Å². The molecular formula is C13H6F7N. The Hall–Kier alpha value is -2.12. The van der Waals surface area contributed by atoms with Gasteiger partial charge in [-0.05, 0) is 12.1 Å². The lowest BCUT2D eigenvalue weighted by molar-refractivity contribution is -0.141. The molecule has 8 heteroatoms. The van der Waals surface area contributed by atoms with Crippen molar-refractivity contribution in [3.63, 3.8) is 0 Å². The maximum Gasteiger partial charge on any atom is 0.433 e. The van der Waals surface area contributed by atoms with Gasteiger partial charge in [0, 0.05) is 17.7 Å². The maximum absolute atomic E-state index is 13.2. The van der Waals surface area contributed by atoms with Crippen molar-refractivity contribution in [1.82, 2.24) is 4.98 Å². The molecule has 2 rings (SSSR count). The number of pyridine rings is 1. The van der Waals surface area contributed by atoms with Crippen LogP contribution in [-0.2, 0) is 12.4 Å². The van der Waals surface area contributed by atoms with Crippen LogP contribution in [0.2, 0.25) is 0 Å². The van der Waals surface area contributed by atoms with Gasteiger partial charge >= 0.3 is 12.4 Å². The van der Waals surface area contributed by atoms with Crippen LogP contribution in [0.1, 0.15) is 11.3 Å². The van der Waals surface area contributed by atoms with Gasteiger partial charge in [-0.3, -0.25) is 0 Å². The lowest BCUT2D eigenvalue weighted by atomic mass is 10.1. The van der Waals surface area contributed by atoms with Gasteiger partial charge in [0.05, 0.1) is 11.3 Å². The second kappa shape index (κ2) is 5.01. The monoisotopic (exact) mass is 309 g/mol. The molecule has 21 heavy (non-hydrogen) atoms. The van der Waals surface area contributed by atoms with E-state index < -0.39 is 35.1 Å². The summed E-state index contributed by atoms with van der Waals surface area (Å²) in [5, 5.41) is 0. The SMILES string of the molecule is Fc1cc(-c2ccc(C(F)(F)F)cc2)nc(C(F)(F)F)c1. The van der Waals surface area contributed by atoms with Crippen LogP contribution in [0.4, 0.5) is 30.7 Å². The zero-order chi connectivity index (χ0) is 15.8. The highest BCUT2D eigenvalue weighted by atomic mass is 19.4. The summed E-state index contributed by atoms with van der Waals surface area (Å²) in [7, 11) is 0. The van der Waals surface area contributed by atoms with Gasteiger partial charge in [0.2, 0.25) is 0 Å². The van der Waals surface area contributed by atoms with Gasteiger partial charge in [0.15, 0.2) is 0 Å². The van der Waals surface area contributed by atoms with E-state index >= 15 is 0 Å². The number of nitrogens with zero attached hydrogens (tertiary/aromatic N) is 1. The van der Waals surface area contributed by atoms with E-state index in [1.807, 2.05) is 0 Å². The van der Waals surface area contributed by atoms with E-state index in [0.29, 0.717) is 12.1 Å². The second-order valence-corrected chi connectivity index (χ2v) is 4.13. The van der Waals surface area contributed by atoms with Gasteiger partial charge in [-0.1, -0.05) is 12.1 Å². The van der Waals surface area contributed by atoms with Crippen molar-refractivity contribution in [2.24, 2.45) is 0 Å². The first-order valence-electron chi connectivity index (χ1n) is 5.50. The molecule has 112 valence electrons. The molecule has 0 saturated heterocycles. The Morgan fingerprint density at radius 2 is 1.33 bits per heavy atom. The number of rotatable bonds is 1. The molecule has 0 spiro atoms. The van der Waals surface area contributed by atoms with E-state index in [0.717, 1.165) is 18.2 Å². The lowest BCUT2D eigenvalue weighted by Crippen LogP contribution is -2.09. The minimum atomic E-state index is -4.84. The highest BCUT2D eigenvalue weighted by molar-refractivity contribution is 5.60. The smallest absolute Gasteiger partial charge is 0.243 e. The molecule has 0 fully saturated rings. The molecule has 1 nitrogen and oxygen atoms in total. The van der Waals surface area contributed by atoms with Crippen molar-refractivity contribution < 1.29 is 30.7 Å². The summed E-state index contributed by atoms with van der Waals surface area (Å²) in [6.45, 7) is 0. The Balaban J connectivity index is 2.45. The molecule has 1 aromatic carbocycles. The molecule has 1 aromatic heterocycles. The van der Waals surface area contributed by atoms with Crippen LogP contribution in [-0.4, -0.2) is 4.98 Å². The number of alkyl halides is 6. The number of aromatic nitrogens is 1. The fourth-order valence-corrected chi connectivity index (χ4v) is 1.62. The molecule has 0 amide bonds. The Morgan fingerprint density at radius 3 is 1.81 bits per heavy atom. The molecule has 0 aliphatic rings. The van der Waals surface area contributed by atoms with Crippen LogP contribution in [0.25, 0.3) is 11.3 Å². The largest absolute Gasteiger partial charge is 0.433 e. The van der Waals surface area contributed by atoms with Crippen molar-refractivity contribution >= 4 is 0 Å². The first-order valence-corrected chi connectivity index (χ1v) is 5.50. The van der Waals surface area contributed by atoms with Gasteiger partial charge in [-0.2, -0.15) is 26.3 Å². The normalized spacial score (nSPS) is 12.5. The minimum absolute atomic E-state index is 0.0481. The molecular weight excluding hydrogens is 303 g/mol. The van der Waals surface area contributed by atoms with E-state index in [-0.39, 0.29) is 11.6 Å². The number of hydrogen-bond acceptors (Lipinski definition) is 1. The fourth-order valence-electron chi connectivity index (χ4n) is 1.62. The summed E-state index contributed by atoms with van der Waals surface area (Å²) in [5.41, 5.74) is -2.85. The summed E-state index contributed by atoms with van der Waals surface area (Å²) in [6, 6.07) is 4.19. The van der Waals surface area contributed by atoms with Gasteiger partial charge in [0.1, 0.15) is 11.5 Å². The first kappa shape index (κ1) is 15.3. The average molecular weight is 309 g/mol. The third kappa shape index (κ3) is 3.50. The van der Waals surface area contributed by atoms with E-state index in [1.54, 1.807) is 0 Å². The molecule has 0 aliphatic carbocycles. The Kier molecular flexibility index (Phi) is 3.65. The summed E-state index contributed by atoms with van der Waals surface area (Å²) in [4.78, 5) is 3.22. The summed E-state index contributed by atoms with van der Waals surface area (Å²) in [6.07, 6.45) is -9.41. The predicted molar refractivity (Wildman–Crippen MR) is 59.6 cm³/mol. The molecule has 0 unspecified atom stereocenters. The van der Waals surface area contributed by atoms with Crippen LogP contribution in [0.5, 0.6) is 0 Å². The minimum Gasteiger partial charge on any atom is -0.243 e. The van der Waals surface area contributed by atoms with Crippen LogP contribution < -0.4 is 0 Å². The predicted octanol–water partition coefficient (Wildman–Crippen LogP) is 4.93. The summed E-state index contributed by atoms with van der Waals surface area (Å²) < 4.78 is 87.9. The van der Waals surface area contributed by atoms with Crippen molar-refractivity contribution in [1.29, 1.82) is 0 Å². The van der Waals surface area contributed by atoms with Crippen molar-refractivity contribution in [3.05, 3.63) is 53.5 Å². The molecule has 0 atom stereocenters. The van der Waals surface area contributed by atoms with E-state index in [2.05, 4.69) is 4.98 Å². The van der Waals surface area contributed by atoms with Crippen molar-refractivity contribution in [3.8, 4) is 11.3 Å². The number of hydrogen-bond donors (Lipinski definition) is 0. The second-order valence-electron chi connectivity index (χ2n) is 4.13. The van der Waals surface area contributed by atoms with Crippen LogP contribution >= 0.6 is 0 Å². The van der Waals surface area contributed by atoms with Gasteiger partial charge in [0.25, 0.3) is 0 Å². The fraction of sp³-hybridized carbons (Fsp3) is 0.154. The highest BCUT2D eigenvalue weighted by Crippen LogP contribution is 2.32.